The second-order valence-corrected chi connectivity index (χ2v) is 5.58. The van der Waals surface area contributed by atoms with Gasteiger partial charge in [0, 0.05) is 6.54 Å². The number of anilines is 1. The average Bonchev–Trinajstić information content (AvgIpc) is 2.89. The molecule has 0 atom stereocenters. The normalized spacial score (nSPS) is 11.2. The zero-order chi connectivity index (χ0) is 14.4. The third-order valence-electron chi connectivity index (χ3n) is 2.60. The van der Waals surface area contributed by atoms with Crippen LogP contribution >= 0.6 is 11.3 Å². The molecule has 0 aliphatic rings. The summed E-state index contributed by atoms with van der Waals surface area (Å²) < 4.78 is 11.2. The minimum atomic E-state index is 0.215. The Hall–Kier alpha value is -1.40. The molecule has 2 rings (SSSR count). The van der Waals surface area contributed by atoms with Crippen LogP contribution in [0.1, 0.15) is 27.2 Å². The van der Waals surface area contributed by atoms with Crippen LogP contribution in [0, 0.1) is 0 Å². The first-order valence-corrected chi connectivity index (χ1v) is 7.82. The van der Waals surface area contributed by atoms with Gasteiger partial charge in [0.15, 0.2) is 0 Å². The molecular formula is C14H21N3O2S. The van der Waals surface area contributed by atoms with Gasteiger partial charge in [-0.1, -0.05) is 6.92 Å². The summed E-state index contributed by atoms with van der Waals surface area (Å²) in [4.78, 5) is 9.85. The Morgan fingerprint density at radius 3 is 2.90 bits per heavy atom. The van der Waals surface area contributed by atoms with Crippen LogP contribution in [0.3, 0.4) is 0 Å². The van der Waals surface area contributed by atoms with E-state index in [0.29, 0.717) is 25.0 Å². The zero-order valence-electron chi connectivity index (χ0n) is 12.2. The standard InChI is InChI=1S/C14H21N3O2S/c1-4-6-15-14-16-12(19-8-7-18-10(2)3)11-5-9-20-13(11)17-14/h5,9-10H,4,6-8H2,1-3H3,(H,15,16,17). The second-order valence-electron chi connectivity index (χ2n) is 4.69. The lowest BCUT2D eigenvalue weighted by Gasteiger charge is -2.10. The Kier molecular flexibility index (Phi) is 5.55. The highest BCUT2D eigenvalue weighted by Crippen LogP contribution is 2.28. The molecule has 0 saturated carbocycles. The van der Waals surface area contributed by atoms with Gasteiger partial charge in [-0.25, -0.2) is 4.98 Å². The summed E-state index contributed by atoms with van der Waals surface area (Å²) in [6.45, 7) is 8.03. The molecule has 0 aliphatic heterocycles. The van der Waals surface area contributed by atoms with Gasteiger partial charge in [0.25, 0.3) is 0 Å². The maximum Gasteiger partial charge on any atom is 0.227 e. The summed E-state index contributed by atoms with van der Waals surface area (Å²) in [6.07, 6.45) is 1.25. The van der Waals surface area contributed by atoms with Crippen LogP contribution in [-0.2, 0) is 4.74 Å². The van der Waals surface area contributed by atoms with Crippen molar-refractivity contribution in [3.05, 3.63) is 11.4 Å². The number of ether oxygens (including phenoxy) is 2. The van der Waals surface area contributed by atoms with Gasteiger partial charge in [-0.3, -0.25) is 0 Å². The van der Waals surface area contributed by atoms with E-state index in [1.165, 1.54) is 0 Å². The van der Waals surface area contributed by atoms with E-state index in [1.807, 2.05) is 25.3 Å². The molecule has 2 aromatic rings. The summed E-state index contributed by atoms with van der Waals surface area (Å²) in [7, 11) is 0. The molecular weight excluding hydrogens is 274 g/mol. The van der Waals surface area contributed by atoms with E-state index in [9.17, 15) is 0 Å². The first-order chi connectivity index (χ1) is 9.70. The van der Waals surface area contributed by atoms with Gasteiger partial charge in [-0.2, -0.15) is 4.98 Å². The van der Waals surface area contributed by atoms with E-state index in [0.717, 1.165) is 23.2 Å². The number of thiophene rings is 1. The molecule has 1 N–H and O–H groups in total. The van der Waals surface area contributed by atoms with Crippen molar-refractivity contribution in [2.75, 3.05) is 25.1 Å². The second kappa shape index (κ2) is 7.40. The Bertz CT molecular complexity index is 542. The lowest BCUT2D eigenvalue weighted by Crippen LogP contribution is -2.12. The quantitative estimate of drug-likeness (QED) is 0.757. The van der Waals surface area contributed by atoms with Crippen LogP contribution in [0.25, 0.3) is 10.2 Å². The monoisotopic (exact) mass is 295 g/mol. The van der Waals surface area contributed by atoms with Crippen molar-refractivity contribution < 1.29 is 9.47 Å². The molecule has 0 amide bonds. The van der Waals surface area contributed by atoms with E-state index < -0.39 is 0 Å². The maximum atomic E-state index is 5.74. The summed E-state index contributed by atoms with van der Waals surface area (Å²) in [5.41, 5.74) is 0. The van der Waals surface area contributed by atoms with Gasteiger partial charge in [0.2, 0.25) is 11.8 Å². The van der Waals surface area contributed by atoms with Crippen LogP contribution in [-0.4, -0.2) is 35.8 Å². The van der Waals surface area contributed by atoms with Crippen molar-refractivity contribution in [2.24, 2.45) is 0 Å². The van der Waals surface area contributed by atoms with E-state index in [-0.39, 0.29) is 6.10 Å². The molecule has 0 aliphatic carbocycles. The number of nitrogens with one attached hydrogen (secondary N) is 1. The molecule has 2 aromatic heterocycles. The smallest absolute Gasteiger partial charge is 0.227 e. The van der Waals surface area contributed by atoms with E-state index in [2.05, 4.69) is 22.2 Å². The molecule has 0 saturated heterocycles. The number of fused-ring (bicyclic) bond motifs is 1. The van der Waals surface area contributed by atoms with Gasteiger partial charge >= 0.3 is 0 Å². The van der Waals surface area contributed by atoms with Gasteiger partial charge in [-0.05, 0) is 31.7 Å². The number of rotatable bonds is 8. The zero-order valence-corrected chi connectivity index (χ0v) is 13.0. The van der Waals surface area contributed by atoms with Crippen molar-refractivity contribution in [2.45, 2.75) is 33.3 Å². The molecule has 0 fully saturated rings. The molecule has 6 heteroatoms. The van der Waals surface area contributed by atoms with Crippen LogP contribution in [0.15, 0.2) is 11.4 Å². The molecule has 0 spiro atoms. The maximum absolute atomic E-state index is 5.74. The van der Waals surface area contributed by atoms with Crippen molar-refractivity contribution in [1.29, 1.82) is 0 Å². The third kappa shape index (κ3) is 4.05. The molecule has 0 unspecified atom stereocenters. The van der Waals surface area contributed by atoms with Crippen LogP contribution in [0.2, 0.25) is 0 Å². The van der Waals surface area contributed by atoms with Crippen molar-refractivity contribution in [3.63, 3.8) is 0 Å². The predicted molar refractivity (Wildman–Crippen MR) is 82.8 cm³/mol. The van der Waals surface area contributed by atoms with Crippen molar-refractivity contribution >= 4 is 27.5 Å². The third-order valence-corrected chi connectivity index (χ3v) is 3.40. The first kappa shape index (κ1) is 15.0. The highest BCUT2D eigenvalue weighted by Gasteiger charge is 2.10. The SMILES string of the molecule is CCCNc1nc(OCCOC(C)C)c2ccsc2n1. The predicted octanol–water partition coefficient (Wildman–Crippen LogP) is 3.32. The number of hydrogen-bond donors (Lipinski definition) is 1. The molecule has 110 valence electrons. The van der Waals surface area contributed by atoms with E-state index in [1.54, 1.807) is 11.3 Å². The topological polar surface area (TPSA) is 56.3 Å². The van der Waals surface area contributed by atoms with E-state index >= 15 is 0 Å². The molecule has 20 heavy (non-hydrogen) atoms. The number of hydrogen-bond acceptors (Lipinski definition) is 6. The lowest BCUT2D eigenvalue weighted by atomic mass is 10.4. The Morgan fingerprint density at radius 2 is 2.15 bits per heavy atom. The summed E-state index contributed by atoms with van der Waals surface area (Å²) in [5.74, 6) is 1.25. The minimum Gasteiger partial charge on any atom is -0.475 e. The lowest BCUT2D eigenvalue weighted by molar-refractivity contribution is 0.0546. The highest BCUT2D eigenvalue weighted by molar-refractivity contribution is 7.16. The Morgan fingerprint density at radius 1 is 1.30 bits per heavy atom. The van der Waals surface area contributed by atoms with Crippen LogP contribution in [0.5, 0.6) is 5.88 Å². The summed E-state index contributed by atoms with van der Waals surface area (Å²) in [5, 5.41) is 6.16. The largest absolute Gasteiger partial charge is 0.475 e. The fourth-order valence-electron chi connectivity index (χ4n) is 1.68. The van der Waals surface area contributed by atoms with Crippen molar-refractivity contribution in [1.82, 2.24) is 9.97 Å². The van der Waals surface area contributed by atoms with Gasteiger partial charge in [0.1, 0.15) is 11.4 Å². The fraction of sp³-hybridized carbons (Fsp3) is 0.571. The molecule has 2 heterocycles. The number of aromatic nitrogens is 2. The average molecular weight is 295 g/mol. The Balaban J connectivity index is 2.07. The van der Waals surface area contributed by atoms with Gasteiger partial charge in [0.05, 0.1) is 18.1 Å². The van der Waals surface area contributed by atoms with Crippen LogP contribution < -0.4 is 10.1 Å². The molecule has 0 radical (unpaired) electrons. The minimum absolute atomic E-state index is 0.215. The highest BCUT2D eigenvalue weighted by atomic mass is 32.1. The first-order valence-electron chi connectivity index (χ1n) is 6.94. The van der Waals surface area contributed by atoms with Gasteiger partial charge in [-0.15, -0.1) is 11.3 Å². The van der Waals surface area contributed by atoms with Crippen molar-refractivity contribution in [3.8, 4) is 5.88 Å². The van der Waals surface area contributed by atoms with Gasteiger partial charge < -0.3 is 14.8 Å². The Labute approximate surface area is 123 Å². The fourth-order valence-corrected chi connectivity index (χ4v) is 2.43. The molecule has 5 nitrogen and oxygen atoms in total. The van der Waals surface area contributed by atoms with E-state index in [4.69, 9.17) is 9.47 Å². The van der Waals surface area contributed by atoms with Crippen LogP contribution in [0.4, 0.5) is 5.95 Å². The molecule has 0 aromatic carbocycles. The summed E-state index contributed by atoms with van der Waals surface area (Å²) >= 11 is 1.59. The number of nitrogens with zero attached hydrogens (tertiary/aromatic N) is 2. The molecule has 0 bridgehead atoms. The summed E-state index contributed by atoms with van der Waals surface area (Å²) in [6, 6.07) is 1.99.